The lowest BCUT2D eigenvalue weighted by molar-refractivity contribution is 0.0840. The second kappa shape index (κ2) is 6.36. The Kier molecular flexibility index (Phi) is 5.05. The van der Waals surface area contributed by atoms with Gasteiger partial charge in [0.2, 0.25) is 0 Å². The van der Waals surface area contributed by atoms with E-state index in [1.807, 2.05) is 0 Å². The number of likely N-dealkylation sites (N-methyl/N-ethyl adjacent to an activating group) is 1. The second-order valence-corrected chi connectivity index (χ2v) is 6.49. The van der Waals surface area contributed by atoms with E-state index in [1.165, 1.54) is 64.7 Å². The Hall–Kier alpha value is -0.120. The minimum Gasteiger partial charge on any atom is -0.314 e. The minimum atomic E-state index is 0.446. The maximum atomic E-state index is 3.64. The van der Waals surface area contributed by atoms with Crippen LogP contribution in [0.1, 0.15) is 45.4 Å². The summed E-state index contributed by atoms with van der Waals surface area (Å²) in [6.07, 6.45) is 8.36. The number of piperazine rings is 1. The Morgan fingerprint density at radius 1 is 1.17 bits per heavy atom. The molecule has 1 saturated heterocycles. The standard InChI is InChI=1S/C15H31N3/c1-14-13-17(3)11-12-18(14)10-9-15(16-2)7-5-4-6-8-15/h14,16H,4-13H2,1-3H3. The fraction of sp³-hybridized carbons (Fsp3) is 1.00. The minimum absolute atomic E-state index is 0.446. The lowest BCUT2D eigenvalue weighted by atomic mass is 9.79. The molecule has 0 spiro atoms. The SMILES string of the molecule is CNC1(CCN2CCN(C)CC2C)CCCCC1. The maximum absolute atomic E-state index is 3.64. The van der Waals surface area contributed by atoms with Crippen molar-refractivity contribution in [3.05, 3.63) is 0 Å². The normalized spacial score (nSPS) is 30.5. The number of rotatable bonds is 4. The number of nitrogens with one attached hydrogen (secondary N) is 1. The predicted octanol–water partition coefficient (Wildman–Crippen LogP) is 1.93. The molecule has 1 unspecified atom stereocenters. The van der Waals surface area contributed by atoms with Gasteiger partial charge in [-0.3, -0.25) is 4.90 Å². The summed E-state index contributed by atoms with van der Waals surface area (Å²) in [5.74, 6) is 0. The van der Waals surface area contributed by atoms with E-state index in [9.17, 15) is 0 Å². The van der Waals surface area contributed by atoms with Gasteiger partial charge in [-0.05, 0) is 40.3 Å². The van der Waals surface area contributed by atoms with Crippen molar-refractivity contribution in [1.29, 1.82) is 0 Å². The van der Waals surface area contributed by atoms with E-state index in [2.05, 4.69) is 36.1 Å². The average Bonchev–Trinajstić information content (AvgIpc) is 2.39. The van der Waals surface area contributed by atoms with Crippen LogP contribution in [0.2, 0.25) is 0 Å². The molecule has 0 amide bonds. The highest BCUT2D eigenvalue weighted by atomic mass is 15.3. The van der Waals surface area contributed by atoms with Gasteiger partial charge in [-0.1, -0.05) is 19.3 Å². The summed E-state index contributed by atoms with van der Waals surface area (Å²) in [5, 5.41) is 3.64. The molecule has 106 valence electrons. The van der Waals surface area contributed by atoms with Gasteiger partial charge in [-0.15, -0.1) is 0 Å². The van der Waals surface area contributed by atoms with Crippen LogP contribution in [0.5, 0.6) is 0 Å². The Labute approximate surface area is 113 Å². The van der Waals surface area contributed by atoms with Gasteiger partial charge >= 0.3 is 0 Å². The molecule has 2 rings (SSSR count). The van der Waals surface area contributed by atoms with Crippen LogP contribution in [0, 0.1) is 0 Å². The number of nitrogens with zero attached hydrogens (tertiary/aromatic N) is 2. The molecule has 1 atom stereocenters. The quantitative estimate of drug-likeness (QED) is 0.826. The molecule has 2 fully saturated rings. The van der Waals surface area contributed by atoms with E-state index in [4.69, 9.17) is 0 Å². The van der Waals surface area contributed by atoms with Crippen LogP contribution in [0.15, 0.2) is 0 Å². The van der Waals surface area contributed by atoms with Crippen molar-refractivity contribution in [3.8, 4) is 0 Å². The van der Waals surface area contributed by atoms with Crippen molar-refractivity contribution < 1.29 is 0 Å². The summed E-state index contributed by atoms with van der Waals surface area (Å²) in [7, 11) is 4.41. The van der Waals surface area contributed by atoms with Crippen molar-refractivity contribution >= 4 is 0 Å². The lowest BCUT2D eigenvalue weighted by Crippen LogP contribution is -2.53. The van der Waals surface area contributed by atoms with E-state index in [-0.39, 0.29) is 0 Å². The summed E-state index contributed by atoms with van der Waals surface area (Å²) in [5.41, 5.74) is 0.446. The Morgan fingerprint density at radius 3 is 2.50 bits per heavy atom. The molecule has 0 radical (unpaired) electrons. The molecule has 0 bridgehead atoms. The van der Waals surface area contributed by atoms with Gasteiger partial charge in [-0.2, -0.15) is 0 Å². The van der Waals surface area contributed by atoms with E-state index in [0.29, 0.717) is 5.54 Å². The summed E-state index contributed by atoms with van der Waals surface area (Å²) < 4.78 is 0. The first kappa shape index (κ1) is 14.3. The van der Waals surface area contributed by atoms with E-state index < -0.39 is 0 Å². The van der Waals surface area contributed by atoms with Gasteiger partial charge in [0.05, 0.1) is 0 Å². The van der Waals surface area contributed by atoms with Crippen LogP contribution < -0.4 is 5.32 Å². The average molecular weight is 253 g/mol. The largest absolute Gasteiger partial charge is 0.314 e. The first-order chi connectivity index (χ1) is 8.65. The third-order valence-corrected chi connectivity index (χ3v) is 5.19. The van der Waals surface area contributed by atoms with Gasteiger partial charge in [0, 0.05) is 37.8 Å². The molecule has 3 heteroatoms. The van der Waals surface area contributed by atoms with Crippen molar-refractivity contribution in [3.63, 3.8) is 0 Å². The van der Waals surface area contributed by atoms with Gasteiger partial charge in [0.15, 0.2) is 0 Å². The highest BCUT2D eigenvalue weighted by Crippen LogP contribution is 2.31. The highest BCUT2D eigenvalue weighted by molar-refractivity contribution is 4.91. The first-order valence-electron chi connectivity index (χ1n) is 7.77. The molecule has 2 aliphatic rings. The summed E-state index contributed by atoms with van der Waals surface area (Å²) in [6, 6.07) is 0.723. The van der Waals surface area contributed by atoms with Crippen LogP contribution >= 0.6 is 0 Å². The molecule has 1 aliphatic heterocycles. The Bertz CT molecular complexity index is 248. The lowest BCUT2D eigenvalue weighted by Gasteiger charge is -2.42. The third kappa shape index (κ3) is 3.46. The summed E-state index contributed by atoms with van der Waals surface area (Å²) >= 11 is 0. The molecule has 1 N–H and O–H groups in total. The smallest absolute Gasteiger partial charge is 0.0195 e. The van der Waals surface area contributed by atoms with Gasteiger partial charge in [0.25, 0.3) is 0 Å². The predicted molar refractivity (Wildman–Crippen MR) is 78.0 cm³/mol. The molecule has 3 nitrogen and oxygen atoms in total. The van der Waals surface area contributed by atoms with Crippen LogP contribution in [-0.2, 0) is 0 Å². The van der Waals surface area contributed by atoms with Crippen molar-refractivity contribution in [2.75, 3.05) is 40.3 Å². The Morgan fingerprint density at radius 2 is 1.89 bits per heavy atom. The van der Waals surface area contributed by atoms with Gasteiger partial charge in [0.1, 0.15) is 0 Å². The fourth-order valence-electron chi connectivity index (χ4n) is 3.72. The first-order valence-corrected chi connectivity index (χ1v) is 7.77. The van der Waals surface area contributed by atoms with Crippen LogP contribution in [0.3, 0.4) is 0 Å². The van der Waals surface area contributed by atoms with E-state index in [0.717, 1.165) is 6.04 Å². The monoisotopic (exact) mass is 253 g/mol. The molecule has 18 heavy (non-hydrogen) atoms. The zero-order chi connectivity index (χ0) is 13.0. The molecule has 1 aliphatic carbocycles. The van der Waals surface area contributed by atoms with Crippen LogP contribution in [0.25, 0.3) is 0 Å². The molecule has 0 aromatic rings. The van der Waals surface area contributed by atoms with Crippen LogP contribution in [0.4, 0.5) is 0 Å². The molecule has 1 saturated carbocycles. The summed E-state index contributed by atoms with van der Waals surface area (Å²) in [4.78, 5) is 5.14. The number of hydrogen-bond donors (Lipinski definition) is 1. The topological polar surface area (TPSA) is 18.5 Å². The number of hydrogen-bond acceptors (Lipinski definition) is 3. The van der Waals surface area contributed by atoms with E-state index >= 15 is 0 Å². The Balaban J connectivity index is 1.82. The van der Waals surface area contributed by atoms with Gasteiger partial charge in [-0.25, -0.2) is 0 Å². The van der Waals surface area contributed by atoms with Crippen molar-refractivity contribution in [2.45, 2.75) is 57.0 Å². The van der Waals surface area contributed by atoms with Crippen molar-refractivity contribution in [2.24, 2.45) is 0 Å². The highest BCUT2D eigenvalue weighted by Gasteiger charge is 2.31. The molecular formula is C15H31N3. The molecule has 0 aromatic heterocycles. The zero-order valence-corrected chi connectivity index (χ0v) is 12.5. The molecule has 0 aromatic carbocycles. The van der Waals surface area contributed by atoms with Crippen LogP contribution in [-0.4, -0.2) is 61.7 Å². The second-order valence-electron chi connectivity index (χ2n) is 6.49. The van der Waals surface area contributed by atoms with E-state index in [1.54, 1.807) is 0 Å². The molecular weight excluding hydrogens is 222 g/mol. The fourth-order valence-corrected chi connectivity index (χ4v) is 3.72. The maximum Gasteiger partial charge on any atom is 0.0195 e. The van der Waals surface area contributed by atoms with Gasteiger partial charge < -0.3 is 10.2 Å². The molecule has 1 heterocycles. The summed E-state index contributed by atoms with van der Waals surface area (Å²) in [6.45, 7) is 7.36. The zero-order valence-electron chi connectivity index (χ0n) is 12.5. The van der Waals surface area contributed by atoms with Crippen molar-refractivity contribution in [1.82, 2.24) is 15.1 Å². The third-order valence-electron chi connectivity index (χ3n) is 5.19.